The van der Waals surface area contributed by atoms with Crippen molar-refractivity contribution in [1.82, 2.24) is 5.32 Å². The van der Waals surface area contributed by atoms with E-state index in [-0.39, 0.29) is 25.7 Å². The Hall–Kier alpha value is -1.55. The number of hydrogen-bond donors (Lipinski definition) is 1. The van der Waals surface area contributed by atoms with Gasteiger partial charge >= 0.3 is 5.97 Å². The van der Waals surface area contributed by atoms with E-state index < -0.39 is 11.8 Å². The summed E-state index contributed by atoms with van der Waals surface area (Å²) in [5.41, 5.74) is 2.90. The summed E-state index contributed by atoms with van der Waals surface area (Å²) < 4.78 is 33.1. The van der Waals surface area contributed by atoms with Crippen LogP contribution >= 0.6 is 0 Å². The first-order valence-electron chi connectivity index (χ1n) is 10.3. The third-order valence-electron chi connectivity index (χ3n) is 5.74. The van der Waals surface area contributed by atoms with Crippen molar-refractivity contribution in [2.75, 3.05) is 48.1 Å². The highest BCUT2D eigenvalue weighted by Gasteiger charge is 2.39. The van der Waals surface area contributed by atoms with Gasteiger partial charge in [0.2, 0.25) is 0 Å². The van der Waals surface area contributed by atoms with Crippen molar-refractivity contribution >= 4 is 5.97 Å². The maximum Gasteiger partial charge on any atom is 0.338 e. The fraction of sp³-hybridized carbons (Fsp3) is 0.682. The lowest BCUT2D eigenvalue weighted by Crippen LogP contribution is -2.49. The minimum absolute atomic E-state index is 0.0803. The second-order valence-corrected chi connectivity index (χ2v) is 7.91. The summed E-state index contributed by atoms with van der Waals surface area (Å²) >= 11 is 0. The molecule has 1 aromatic carbocycles. The number of nitrogens with one attached hydrogen (secondary N) is 1. The van der Waals surface area contributed by atoms with Crippen molar-refractivity contribution in [2.45, 2.75) is 50.5 Å². The van der Waals surface area contributed by atoms with Gasteiger partial charge in [0.05, 0.1) is 24.4 Å². The van der Waals surface area contributed by atoms with Crippen LogP contribution in [0.25, 0.3) is 0 Å². The van der Waals surface area contributed by atoms with Gasteiger partial charge in [0.1, 0.15) is 19.8 Å². The van der Waals surface area contributed by atoms with E-state index in [4.69, 9.17) is 28.4 Å². The molecule has 0 spiro atoms. The fourth-order valence-corrected chi connectivity index (χ4v) is 4.35. The second kappa shape index (κ2) is 10.7. The molecule has 8 nitrogen and oxygen atoms in total. The van der Waals surface area contributed by atoms with Crippen LogP contribution in [0.1, 0.15) is 53.0 Å². The number of esters is 1. The van der Waals surface area contributed by atoms with Crippen LogP contribution in [0.5, 0.6) is 0 Å². The van der Waals surface area contributed by atoms with Crippen molar-refractivity contribution in [3.8, 4) is 0 Å². The first-order valence-corrected chi connectivity index (χ1v) is 10.3. The summed E-state index contributed by atoms with van der Waals surface area (Å²) in [6.07, 6.45) is 2.77. The molecule has 0 saturated carbocycles. The first-order chi connectivity index (χ1) is 14.5. The van der Waals surface area contributed by atoms with Gasteiger partial charge in [0, 0.05) is 39.4 Å². The zero-order chi connectivity index (χ0) is 21.6. The SMILES string of the molecule is COCOC1NCCc2cc(CC3(C)OCCCC3OCOC)cc(C(=O)OC)c21. The number of carbonyl (C=O) groups is 1. The van der Waals surface area contributed by atoms with Crippen LogP contribution in [0.15, 0.2) is 12.1 Å². The van der Waals surface area contributed by atoms with Crippen LogP contribution in [0.3, 0.4) is 0 Å². The largest absolute Gasteiger partial charge is 0.465 e. The van der Waals surface area contributed by atoms with Crippen LogP contribution in [0.4, 0.5) is 0 Å². The predicted molar refractivity (Wildman–Crippen MR) is 109 cm³/mol. The van der Waals surface area contributed by atoms with Crippen molar-refractivity contribution in [3.63, 3.8) is 0 Å². The molecular formula is C22H33NO7. The van der Waals surface area contributed by atoms with E-state index in [2.05, 4.69) is 18.3 Å². The Morgan fingerprint density at radius 2 is 1.97 bits per heavy atom. The topological polar surface area (TPSA) is 84.5 Å². The van der Waals surface area contributed by atoms with Gasteiger partial charge in [-0.2, -0.15) is 0 Å². The Bertz CT molecular complexity index is 726. The number of benzene rings is 1. The lowest BCUT2D eigenvalue weighted by molar-refractivity contribution is -0.194. The number of carbonyl (C=O) groups excluding carboxylic acids is 1. The van der Waals surface area contributed by atoms with E-state index in [0.29, 0.717) is 18.6 Å². The Morgan fingerprint density at radius 1 is 1.20 bits per heavy atom. The maximum atomic E-state index is 12.6. The molecule has 3 atom stereocenters. The highest BCUT2D eigenvalue weighted by Crippen LogP contribution is 2.35. The van der Waals surface area contributed by atoms with Crippen molar-refractivity contribution in [3.05, 3.63) is 34.4 Å². The number of ether oxygens (including phenoxy) is 6. The van der Waals surface area contributed by atoms with Gasteiger partial charge in [-0.3, -0.25) is 5.32 Å². The monoisotopic (exact) mass is 423 g/mol. The number of hydrogen-bond acceptors (Lipinski definition) is 8. The zero-order valence-corrected chi connectivity index (χ0v) is 18.3. The molecule has 0 amide bonds. The highest BCUT2D eigenvalue weighted by molar-refractivity contribution is 5.92. The van der Waals surface area contributed by atoms with Gasteiger partial charge in [-0.1, -0.05) is 6.07 Å². The Labute approximate surface area is 178 Å². The van der Waals surface area contributed by atoms with Gasteiger partial charge in [0.25, 0.3) is 0 Å². The van der Waals surface area contributed by atoms with Gasteiger partial charge in [-0.25, -0.2) is 4.79 Å². The molecule has 168 valence electrons. The highest BCUT2D eigenvalue weighted by atomic mass is 16.7. The number of rotatable bonds is 9. The molecule has 30 heavy (non-hydrogen) atoms. The minimum Gasteiger partial charge on any atom is -0.465 e. The van der Waals surface area contributed by atoms with Crippen LogP contribution in [-0.4, -0.2) is 65.7 Å². The summed E-state index contributed by atoms with van der Waals surface area (Å²) in [6.45, 7) is 3.86. The van der Waals surface area contributed by atoms with E-state index in [1.807, 2.05) is 6.07 Å². The quantitative estimate of drug-likeness (QED) is 0.479. The lowest BCUT2D eigenvalue weighted by atomic mass is 9.83. The second-order valence-electron chi connectivity index (χ2n) is 7.91. The van der Waals surface area contributed by atoms with E-state index >= 15 is 0 Å². The molecule has 0 bridgehead atoms. The molecule has 2 aliphatic rings. The molecule has 1 aromatic rings. The van der Waals surface area contributed by atoms with E-state index in [0.717, 1.165) is 42.5 Å². The summed E-state index contributed by atoms with van der Waals surface area (Å²) in [6, 6.07) is 4.03. The summed E-state index contributed by atoms with van der Waals surface area (Å²) in [4.78, 5) is 12.6. The molecule has 3 unspecified atom stereocenters. The number of methoxy groups -OCH3 is 3. The normalized spacial score (nSPS) is 26.3. The minimum atomic E-state index is -0.503. The van der Waals surface area contributed by atoms with Gasteiger partial charge in [0.15, 0.2) is 0 Å². The van der Waals surface area contributed by atoms with Crippen molar-refractivity contribution in [1.29, 1.82) is 0 Å². The number of fused-ring (bicyclic) bond motifs is 1. The standard InChI is InChI=1S/C22H33NO7/c1-22(18(28-13-25-2)6-5-9-30-22)12-15-10-16-7-8-23-20(29-14-26-3)19(16)17(11-15)21(24)27-4/h10-11,18,20,23H,5-9,12-14H2,1-4H3. The van der Waals surface area contributed by atoms with Crippen LogP contribution in [-0.2, 0) is 41.3 Å². The third kappa shape index (κ3) is 5.19. The Morgan fingerprint density at radius 3 is 2.70 bits per heavy atom. The average Bonchev–Trinajstić information content (AvgIpc) is 2.75. The van der Waals surface area contributed by atoms with Crippen molar-refractivity contribution in [2.24, 2.45) is 0 Å². The Kier molecular flexibility index (Phi) is 8.21. The molecule has 0 aliphatic carbocycles. The molecular weight excluding hydrogens is 390 g/mol. The first kappa shape index (κ1) is 23.1. The Balaban J connectivity index is 1.93. The summed E-state index contributed by atoms with van der Waals surface area (Å²) in [7, 11) is 4.58. The molecule has 1 saturated heterocycles. The third-order valence-corrected chi connectivity index (χ3v) is 5.74. The van der Waals surface area contributed by atoms with Gasteiger partial charge in [-0.15, -0.1) is 0 Å². The van der Waals surface area contributed by atoms with Crippen LogP contribution in [0, 0.1) is 0 Å². The van der Waals surface area contributed by atoms with Crippen LogP contribution in [0.2, 0.25) is 0 Å². The molecule has 0 aromatic heterocycles. The van der Waals surface area contributed by atoms with Gasteiger partial charge < -0.3 is 28.4 Å². The zero-order valence-electron chi connectivity index (χ0n) is 18.3. The molecule has 2 heterocycles. The van der Waals surface area contributed by atoms with E-state index in [9.17, 15) is 4.79 Å². The van der Waals surface area contributed by atoms with Crippen LogP contribution < -0.4 is 5.32 Å². The molecule has 8 heteroatoms. The smallest absolute Gasteiger partial charge is 0.338 e. The van der Waals surface area contributed by atoms with Gasteiger partial charge in [-0.05, 0) is 43.4 Å². The molecule has 3 rings (SSSR count). The fourth-order valence-electron chi connectivity index (χ4n) is 4.35. The van der Waals surface area contributed by atoms with Crippen molar-refractivity contribution < 1.29 is 33.2 Å². The maximum absolute atomic E-state index is 12.6. The molecule has 1 N–H and O–H groups in total. The predicted octanol–water partition coefficient (Wildman–Crippen LogP) is 2.34. The molecule has 1 fully saturated rings. The molecule has 0 radical (unpaired) electrons. The average molecular weight is 424 g/mol. The summed E-state index contributed by atoms with van der Waals surface area (Å²) in [5, 5.41) is 3.30. The van der Waals surface area contributed by atoms with E-state index in [1.165, 1.54) is 7.11 Å². The lowest BCUT2D eigenvalue weighted by Gasteiger charge is -2.41. The molecule has 2 aliphatic heterocycles. The summed E-state index contributed by atoms with van der Waals surface area (Å²) in [5.74, 6) is -0.385. The van der Waals surface area contributed by atoms with E-state index in [1.54, 1.807) is 14.2 Å².